The average Bonchev–Trinajstić information content (AvgIpc) is 2.32. The number of hydrogen-bond acceptors (Lipinski definition) is 3. The third-order valence-electron chi connectivity index (χ3n) is 2.16. The topological polar surface area (TPSA) is 35.5 Å². The van der Waals surface area contributed by atoms with Crippen LogP contribution in [0.4, 0.5) is 0 Å². The Labute approximate surface area is 121 Å². The van der Waals surface area contributed by atoms with Gasteiger partial charge in [0.1, 0.15) is 5.75 Å². The molecule has 0 aliphatic heterocycles. The quantitative estimate of drug-likeness (QED) is 0.598. The summed E-state index contributed by atoms with van der Waals surface area (Å²) in [5.41, 5.74) is 0. The second-order valence-corrected chi connectivity index (χ2v) is 4.69. The molecule has 100 valence electrons. The molecule has 1 atom stereocenters. The average molecular weight is 312 g/mol. The Balaban J connectivity index is 2.88. The molecule has 0 heterocycles. The first-order chi connectivity index (χ1) is 8.49. The molecule has 0 aliphatic carbocycles. The highest BCUT2D eigenvalue weighted by Gasteiger charge is 2.21. The zero-order valence-electron chi connectivity index (χ0n) is 10.0. The highest BCUT2D eigenvalue weighted by Crippen LogP contribution is 2.34. The molecule has 0 bridgehead atoms. The van der Waals surface area contributed by atoms with Crippen LogP contribution in [0.25, 0.3) is 0 Å². The summed E-state index contributed by atoms with van der Waals surface area (Å²) in [6.45, 7) is 3.84. The van der Waals surface area contributed by atoms with Gasteiger partial charge in [-0.25, -0.2) is 4.79 Å². The van der Waals surface area contributed by atoms with Crippen molar-refractivity contribution in [3.63, 3.8) is 0 Å². The molecule has 0 saturated carbocycles. The van der Waals surface area contributed by atoms with Crippen LogP contribution in [0.5, 0.6) is 5.75 Å². The lowest BCUT2D eigenvalue weighted by molar-refractivity contribution is -0.151. The van der Waals surface area contributed by atoms with E-state index in [1.807, 2.05) is 6.92 Å². The molecule has 1 aromatic carbocycles. The minimum atomic E-state index is -0.709. The standard InChI is InChI=1S/C12H13Cl3O3/c1-3-10(12(16)17-4-2)18-11-6-8(14)7(13)5-9(11)15/h5-6,10H,3-4H2,1-2H3. The van der Waals surface area contributed by atoms with Gasteiger partial charge in [-0.1, -0.05) is 41.7 Å². The maximum atomic E-state index is 11.6. The summed E-state index contributed by atoms with van der Waals surface area (Å²) in [5, 5.41) is 0.945. The minimum Gasteiger partial charge on any atom is -0.477 e. The fourth-order valence-corrected chi connectivity index (χ4v) is 1.86. The fraction of sp³-hybridized carbons (Fsp3) is 0.417. The van der Waals surface area contributed by atoms with E-state index in [1.54, 1.807) is 6.92 Å². The predicted molar refractivity (Wildman–Crippen MR) is 72.8 cm³/mol. The van der Waals surface area contributed by atoms with E-state index < -0.39 is 12.1 Å². The van der Waals surface area contributed by atoms with Gasteiger partial charge in [0.2, 0.25) is 0 Å². The molecule has 0 radical (unpaired) electrons. The third-order valence-corrected chi connectivity index (χ3v) is 3.18. The van der Waals surface area contributed by atoms with E-state index in [-0.39, 0.29) is 0 Å². The lowest BCUT2D eigenvalue weighted by Crippen LogP contribution is -2.28. The summed E-state index contributed by atoms with van der Waals surface area (Å²) in [6, 6.07) is 2.95. The Hall–Kier alpha value is -0.640. The Morgan fingerprint density at radius 2 is 1.78 bits per heavy atom. The van der Waals surface area contributed by atoms with Crippen LogP contribution in [0.3, 0.4) is 0 Å². The summed E-state index contributed by atoms with van der Waals surface area (Å²) in [6.07, 6.45) is -0.241. The van der Waals surface area contributed by atoms with Crippen LogP contribution >= 0.6 is 34.8 Å². The van der Waals surface area contributed by atoms with Gasteiger partial charge in [-0.15, -0.1) is 0 Å². The van der Waals surface area contributed by atoms with Crippen molar-refractivity contribution in [3.05, 3.63) is 27.2 Å². The monoisotopic (exact) mass is 310 g/mol. The van der Waals surface area contributed by atoms with Crippen molar-refractivity contribution in [2.75, 3.05) is 6.61 Å². The van der Waals surface area contributed by atoms with Crippen LogP contribution in [0.2, 0.25) is 15.1 Å². The third kappa shape index (κ3) is 3.94. The molecule has 1 rings (SSSR count). The van der Waals surface area contributed by atoms with Gasteiger partial charge in [0.05, 0.1) is 21.7 Å². The first-order valence-electron chi connectivity index (χ1n) is 5.47. The van der Waals surface area contributed by atoms with Gasteiger partial charge in [0.15, 0.2) is 6.10 Å². The number of carbonyl (C=O) groups is 1. The Morgan fingerprint density at radius 3 is 2.33 bits per heavy atom. The SMILES string of the molecule is CCOC(=O)C(CC)Oc1cc(Cl)c(Cl)cc1Cl. The Morgan fingerprint density at radius 1 is 1.17 bits per heavy atom. The van der Waals surface area contributed by atoms with Crippen molar-refractivity contribution in [1.29, 1.82) is 0 Å². The molecule has 18 heavy (non-hydrogen) atoms. The zero-order valence-corrected chi connectivity index (χ0v) is 12.3. The summed E-state index contributed by atoms with van der Waals surface area (Å²) < 4.78 is 10.4. The summed E-state index contributed by atoms with van der Waals surface area (Å²) in [5.74, 6) is -0.117. The number of benzene rings is 1. The van der Waals surface area contributed by atoms with E-state index in [4.69, 9.17) is 44.3 Å². The van der Waals surface area contributed by atoms with Crippen molar-refractivity contribution in [3.8, 4) is 5.75 Å². The van der Waals surface area contributed by atoms with Gasteiger partial charge in [-0.3, -0.25) is 0 Å². The molecule has 1 unspecified atom stereocenters. The van der Waals surface area contributed by atoms with E-state index in [0.29, 0.717) is 33.8 Å². The van der Waals surface area contributed by atoms with Crippen molar-refractivity contribution < 1.29 is 14.3 Å². The Bertz CT molecular complexity index is 435. The van der Waals surface area contributed by atoms with Crippen LogP contribution in [0.1, 0.15) is 20.3 Å². The normalized spacial score (nSPS) is 12.1. The minimum absolute atomic E-state index is 0.298. The largest absolute Gasteiger partial charge is 0.477 e. The van der Waals surface area contributed by atoms with Crippen LogP contribution in [0.15, 0.2) is 12.1 Å². The molecule has 0 aliphatic rings. The number of hydrogen-bond donors (Lipinski definition) is 0. The molecular weight excluding hydrogens is 298 g/mol. The van der Waals surface area contributed by atoms with E-state index in [9.17, 15) is 4.79 Å². The van der Waals surface area contributed by atoms with Crippen molar-refractivity contribution >= 4 is 40.8 Å². The van der Waals surface area contributed by atoms with Gasteiger partial charge in [-0.2, -0.15) is 0 Å². The first kappa shape index (κ1) is 15.4. The lowest BCUT2D eigenvalue weighted by atomic mass is 10.2. The number of halogens is 3. The second-order valence-electron chi connectivity index (χ2n) is 3.46. The van der Waals surface area contributed by atoms with E-state index in [0.717, 1.165) is 0 Å². The molecule has 0 amide bonds. The van der Waals surface area contributed by atoms with Crippen molar-refractivity contribution in [2.45, 2.75) is 26.4 Å². The molecule has 0 saturated heterocycles. The first-order valence-corrected chi connectivity index (χ1v) is 6.60. The maximum absolute atomic E-state index is 11.6. The molecule has 0 aromatic heterocycles. The molecule has 3 nitrogen and oxygen atoms in total. The number of esters is 1. The van der Waals surface area contributed by atoms with Crippen LogP contribution < -0.4 is 4.74 Å². The van der Waals surface area contributed by atoms with Crippen LogP contribution in [-0.4, -0.2) is 18.7 Å². The van der Waals surface area contributed by atoms with Gasteiger partial charge in [0.25, 0.3) is 0 Å². The molecule has 0 N–H and O–H groups in total. The maximum Gasteiger partial charge on any atom is 0.347 e. The van der Waals surface area contributed by atoms with Crippen LogP contribution in [-0.2, 0) is 9.53 Å². The molecule has 1 aromatic rings. The van der Waals surface area contributed by atoms with Gasteiger partial charge in [-0.05, 0) is 19.4 Å². The van der Waals surface area contributed by atoms with Gasteiger partial charge < -0.3 is 9.47 Å². The number of rotatable bonds is 5. The molecule has 6 heteroatoms. The van der Waals surface area contributed by atoms with E-state index >= 15 is 0 Å². The summed E-state index contributed by atoms with van der Waals surface area (Å²) in [4.78, 5) is 11.6. The lowest BCUT2D eigenvalue weighted by Gasteiger charge is -2.17. The molecule has 0 fully saturated rings. The number of ether oxygens (including phenoxy) is 2. The predicted octanol–water partition coefficient (Wildman–Crippen LogP) is 4.37. The van der Waals surface area contributed by atoms with Crippen molar-refractivity contribution in [2.24, 2.45) is 0 Å². The Kier molecular flexibility index (Phi) is 6.06. The smallest absolute Gasteiger partial charge is 0.347 e. The van der Waals surface area contributed by atoms with E-state index in [2.05, 4.69) is 0 Å². The number of carbonyl (C=O) groups excluding carboxylic acids is 1. The van der Waals surface area contributed by atoms with Gasteiger partial charge in [0, 0.05) is 6.07 Å². The molecule has 0 spiro atoms. The highest BCUT2D eigenvalue weighted by atomic mass is 35.5. The summed E-state index contributed by atoms with van der Waals surface area (Å²) in [7, 11) is 0. The highest BCUT2D eigenvalue weighted by molar-refractivity contribution is 6.43. The van der Waals surface area contributed by atoms with Gasteiger partial charge >= 0.3 is 5.97 Å². The zero-order chi connectivity index (χ0) is 13.7. The van der Waals surface area contributed by atoms with Crippen molar-refractivity contribution in [1.82, 2.24) is 0 Å². The van der Waals surface area contributed by atoms with Crippen LogP contribution in [0, 0.1) is 0 Å². The second kappa shape index (κ2) is 7.07. The molecular formula is C12H13Cl3O3. The fourth-order valence-electron chi connectivity index (χ4n) is 1.28. The summed E-state index contributed by atoms with van der Waals surface area (Å²) >= 11 is 17.6. The van der Waals surface area contributed by atoms with E-state index in [1.165, 1.54) is 12.1 Å².